The van der Waals surface area contributed by atoms with E-state index in [1.54, 1.807) is 4.90 Å². The van der Waals surface area contributed by atoms with Crippen molar-refractivity contribution in [2.45, 2.75) is 18.9 Å². The van der Waals surface area contributed by atoms with Crippen LogP contribution < -0.4 is 10.6 Å². The number of hydrogen-bond donors (Lipinski definition) is 2. The van der Waals surface area contributed by atoms with Crippen LogP contribution in [0, 0.1) is 0 Å². The SMILES string of the molecule is CC(=O)N1CC(=O)NCC12CCNC2. The van der Waals surface area contributed by atoms with Gasteiger partial charge in [-0.1, -0.05) is 0 Å². The third kappa shape index (κ3) is 1.37. The summed E-state index contributed by atoms with van der Waals surface area (Å²) in [5.41, 5.74) is -0.167. The van der Waals surface area contributed by atoms with E-state index in [9.17, 15) is 9.59 Å². The molecule has 0 aromatic heterocycles. The van der Waals surface area contributed by atoms with Crippen LogP contribution in [0.1, 0.15) is 13.3 Å². The van der Waals surface area contributed by atoms with Crippen LogP contribution >= 0.6 is 0 Å². The Bertz CT molecular complexity index is 271. The fourth-order valence-corrected chi connectivity index (χ4v) is 2.28. The van der Waals surface area contributed by atoms with Crippen LogP contribution in [-0.4, -0.2) is 48.4 Å². The smallest absolute Gasteiger partial charge is 0.239 e. The van der Waals surface area contributed by atoms with Gasteiger partial charge in [0, 0.05) is 20.0 Å². The van der Waals surface area contributed by atoms with Gasteiger partial charge in [-0.15, -0.1) is 0 Å². The summed E-state index contributed by atoms with van der Waals surface area (Å²) in [5, 5.41) is 6.06. The predicted molar refractivity (Wildman–Crippen MR) is 50.6 cm³/mol. The van der Waals surface area contributed by atoms with Gasteiger partial charge in [0.15, 0.2) is 0 Å². The minimum atomic E-state index is -0.167. The van der Waals surface area contributed by atoms with E-state index in [2.05, 4.69) is 10.6 Å². The lowest BCUT2D eigenvalue weighted by Crippen LogP contribution is -2.65. The zero-order valence-corrected chi connectivity index (χ0v) is 8.30. The van der Waals surface area contributed by atoms with Crippen LogP contribution in [0.15, 0.2) is 0 Å². The Balaban J connectivity index is 2.21. The number of piperazine rings is 1. The van der Waals surface area contributed by atoms with E-state index in [-0.39, 0.29) is 23.9 Å². The first-order valence-corrected chi connectivity index (χ1v) is 4.90. The Morgan fingerprint density at radius 3 is 2.86 bits per heavy atom. The molecule has 1 unspecified atom stereocenters. The summed E-state index contributed by atoms with van der Waals surface area (Å²) in [6.45, 7) is 4.01. The molecule has 5 heteroatoms. The maximum atomic E-state index is 11.4. The molecular weight excluding hydrogens is 182 g/mol. The summed E-state index contributed by atoms with van der Waals surface area (Å²) < 4.78 is 0. The number of nitrogens with zero attached hydrogens (tertiary/aromatic N) is 1. The number of hydrogen-bond acceptors (Lipinski definition) is 3. The fraction of sp³-hybridized carbons (Fsp3) is 0.778. The summed E-state index contributed by atoms with van der Waals surface area (Å²) in [7, 11) is 0. The second kappa shape index (κ2) is 3.24. The van der Waals surface area contributed by atoms with Gasteiger partial charge in [-0.25, -0.2) is 0 Å². The molecule has 0 aromatic rings. The average Bonchev–Trinajstić information content (AvgIpc) is 2.59. The third-order valence-electron chi connectivity index (χ3n) is 3.09. The molecule has 2 N–H and O–H groups in total. The molecule has 2 aliphatic rings. The van der Waals surface area contributed by atoms with Gasteiger partial charge in [0.25, 0.3) is 0 Å². The summed E-state index contributed by atoms with van der Waals surface area (Å²) in [6.07, 6.45) is 0.923. The zero-order chi connectivity index (χ0) is 10.2. The minimum Gasteiger partial charge on any atom is -0.352 e. The molecule has 2 saturated heterocycles. The Hall–Kier alpha value is -1.10. The maximum absolute atomic E-state index is 11.4. The quantitative estimate of drug-likeness (QED) is 0.507. The van der Waals surface area contributed by atoms with E-state index in [0.717, 1.165) is 19.5 Å². The normalized spacial score (nSPS) is 32.1. The molecule has 0 bridgehead atoms. The first-order valence-electron chi connectivity index (χ1n) is 4.90. The molecule has 0 aliphatic carbocycles. The standard InChI is InChI=1S/C9H15N3O2/c1-7(13)12-4-8(14)11-6-9(12)2-3-10-5-9/h10H,2-6H2,1H3,(H,11,14). The van der Waals surface area contributed by atoms with Crippen molar-refractivity contribution in [2.24, 2.45) is 0 Å². The topological polar surface area (TPSA) is 61.4 Å². The highest BCUT2D eigenvalue weighted by atomic mass is 16.2. The van der Waals surface area contributed by atoms with E-state index in [4.69, 9.17) is 0 Å². The molecule has 0 saturated carbocycles. The summed E-state index contributed by atoms with van der Waals surface area (Å²) >= 11 is 0. The second-order valence-corrected chi connectivity index (χ2v) is 4.03. The molecule has 0 aromatic carbocycles. The van der Waals surface area contributed by atoms with Crippen LogP contribution in [0.2, 0.25) is 0 Å². The highest BCUT2D eigenvalue weighted by Gasteiger charge is 2.44. The molecule has 2 rings (SSSR count). The first-order chi connectivity index (χ1) is 6.64. The number of rotatable bonds is 0. The lowest BCUT2D eigenvalue weighted by Gasteiger charge is -2.43. The van der Waals surface area contributed by atoms with Gasteiger partial charge in [-0.2, -0.15) is 0 Å². The second-order valence-electron chi connectivity index (χ2n) is 4.03. The predicted octanol–water partition coefficient (Wildman–Crippen LogP) is -1.30. The van der Waals surface area contributed by atoms with E-state index < -0.39 is 0 Å². The molecule has 14 heavy (non-hydrogen) atoms. The van der Waals surface area contributed by atoms with Crippen molar-refractivity contribution < 1.29 is 9.59 Å². The number of carbonyl (C=O) groups excluding carboxylic acids is 2. The van der Waals surface area contributed by atoms with Crippen LogP contribution in [0.5, 0.6) is 0 Å². The Labute approximate surface area is 82.8 Å². The highest BCUT2D eigenvalue weighted by Crippen LogP contribution is 2.24. The van der Waals surface area contributed by atoms with Gasteiger partial charge in [0.1, 0.15) is 6.54 Å². The number of carbonyl (C=O) groups is 2. The number of amides is 2. The van der Waals surface area contributed by atoms with Crippen molar-refractivity contribution in [3.63, 3.8) is 0 Å². The Morgan fingerprint density at radius 1 is 1.50 bits per heavy atom. The van der Waals surface area contributed by atoms with Crippen LogP contribution in [-0.2, 0) is 9.59 Å². The van der Waals surface area contributed by atoms with Gasteiger partial charge in [0.05, 0.1) is 5.54 Å². The number of nitrogens with one attached hydrogen (secondary N) is 2. The Kier molecular flexibility index (Phi) is 2.19. The van der Waals surface area contributed by atoms with E-state index >= 15 is 0 Å². The molecule has 2 fully saturated rings. The summed E-state index contributed by atoms with van der Waals surface area (Å²) in [6, 6.07) is 0. The molecular formula is C9H15N3O2. The lowest BCUT2D eigenvalue weighted by atomic mass is 9.93. The monoisotopic (exact) mass is 197 g/mol. The lowest BCUT2D eigenvalue weighted by molar-refractivity contribution is -0.144. The molecule has 1 spiro atoms. The summed E-state index contributed by atoms with van der Waals surface area (Å²) in [4.78, 5) is 24.3. The molecule has 2 heterocycles. The average molecular weight is 197 g/mol. The van der Waals surface area contributed by atoms with Crippen LogP contribution in [0.3, 0.4) is 0 Å². The largest absolute Gasteiger partial charge is 0.352 e. The zero-order valence-electron chi connectivity index (χ0n) is 8.30. The van der Waals surface area contributed by atoms with E-state index in [1.807, 2.05) is 0 Å². The highest BCUT2D eigenvalue weighted by molar-refractivity contribution is 5.86. The van der Waals surface area contributed by atoms with Gasteiger partial charge < -0.3 is 15.5 Å². The fourth-order valence-electron chi connectivity index (χ4n) is 2.28. The van der Waals surface area contributed by atoms with Gasteiger partial charge in [0.2, 0.25) is 11.8 Å². The Morgan fingerprint density at radius 2 is 2.29 bits per heavy atom. The van der Waals surface area contributed by atoms with Gasteiger partial charge in [-0.05, 0) is 13.0 Å². The molecule has 2 aliphatic heterocycles. The van der Waals surface area contributed by atoms with Gasteiger partial charge >= 0.3 is 0 Å². The van der Waals surface area contributed by atoms with Crippen molar-refractivity contribution in [3.05, 3.63) is 0 Å². The van der Waals surface area contributed by atoms with Gasteiger partial charge in [-0.3, -0.25) is 9.59 Å². The van der Waals surface area contributed by atoms with Crippen LogP contribution in [0.4, 0.5) is 0 Å². The van der Waals surface area contributed by atoms with Crippen molar-refractivity contribution in [3.8, 4) is 0 Å². The van der Waals surface area contributed by atoms with Crippen molar-refractivity contribution in [1.82, 2.24) is 15.5 Å². The first kappa shape index (κ1) is 9.45. The maximum Gasteiger partial charge on any atom is 0.239 e. The minimum absolute atomic E-state index is 0.0106. The van der Waals surface area contributed by atoms with E-state index in [0.29, 0.717) is 6.54 Å². The molecule has 0 radical (unpaired) electrons. The van der Waals surface area contributed by atoms with E-state index in [1.165, 1.54) is 6.92 Å². The summed E-state index contributed by atoms with van der Waals surface area (Å²) in [5.74, 6) is -0.0683. The molecule has 78 valence electrons. The van der Waals surface area contributed by atoms with Crippen molar-refractivity contribution in [2.75, 3.05) is 26.2 Å². The van der Waals surface area contributed by atoms with Crippen LogP contribution in [0.25, 0.3) is 0 Å². The van der Waals surface area contributed by atoms with Crippen molar-refractivity contribution >= 4 is 11.8 Å². The molecule has 2 amide bonds. The molecule has 1 atom stereocenters. The van der Waals surface area contributed by atoms with Crippen molar-refractivity contribution in [1.29, 1.82) is 0 Å². The third-order valence-corrected chi connectivity index (χ3v) is 3.09. The molecule has 5 nitrogen and oxygen atoms in total.